The van der Waals surface area contributed by atoms with Gasteiger partial charge in [-0.05, 0) is 45.9 Å². The lowest BCUT2D eigenvalue weighted by Gasteiger charge is -2.26. The molecule has 6 nitrogen and oxygen atoms in total. The number of hydrogen-bond acceptors (Lipinski definition) is 4. The van der Waals surface area contributed by atoms with E-state index in [4.69, 9.17) is 0 Å². The summed E-state index contributed by atoms with van der Waals surface area (Å²) in [5, 5.41) is 3.01. The number of likely N-dealkylation sites (tertiary alicyclic amines) is 1. The van der Waals surface area contributed by atoms with Crippen LogP contribution in [0.4, 0.5) is 0 Å². The molecule has 1 saturated heterocycles. The molecule has 0 radical (unpaired) electrons. The normalized spacial score (nSPS) is 18.1. The highest BCUT2D eigenvalue weighted by molar-refractivity contribution is 7.87. The summed E-state index contributed by atoms with van der Waals surface area (Å²) in [5.74, 6) is 0. The van der Waals surface area contributed by atoms with Gasteiger partial charge in [-0.2, -0.15) is 12.7 Å². The minimum atomic E-state index is -3.31. The third kappa shape index (κ3) is 6.67. The molecule has 2 N–H and O–H groups in total. The molecular formula is C12H28N4O2S. The molecule has 0 saturated carbocycles. The first-order chi connectivity index (χ1) is 9.06. The summed E-state index contributed by atoms with van der Waals surface area (Å²) >= 11 is 0. The Morgan fingerprint density at radius 1 is 1.16 bits per heavy atom. The third-order valence-corrected chi connectivity index (χ3v) is 5.04. The fourth-order valence-electron chi connectivity index (χ4n) is 2.22. The van der Waals surface area contributed by atoms with E-state index in [9.17, 15) is 8.42 Å². The smallest absolute Gasteiger partial charge is 0.279 e. The Bertz CT molecular complexity index is 329. The number of nitrogens with zero attached hydrogens (tertiary/aromatic N) is 2. The van der Waals surface area contributed by atoms with Crippen LogP contribution in [0.3, 0.4) is 0 Å². The molecule has 0 aliphatic carbocycles. The summed E-state index contributed by atoms with van der Waals surface area (Å²) in [6, 6.07) is 0. The molecule has 1 aliphatic heterocycles. The number of rotatable bonds is 9. The first-order valence-corrected chi connectivity index (χ1v) is 8.58. The molecule has 1 rings (SSSR count). The van der Waals surface area contributed by atoms with E-state index >= 15 is 0 Å². The highest BCUT2D eigenvalue weighted by Crippen LogP contribution is 2.07. The van der Waals surface area contributed by atoms with Gasteiger partial charge >= 0.3 is 0 Å². The predicted octanol–water partition coefficient (Wildman–Crippen LogP) is -0.152. The van der Waals surface area contributed by atoms with Crippen molar-refractivity contribution >= 4 is 10.2 Å². The van der Waals surface area contributed by atoms with Gasteiger partial charge in [0.15, 0.2) is 0 Å². The molecule has 0 bridgehead atoms. The summed E-state index contributed by atoms with van der Waals surface area (Å²) < 4.78 is 27.9. The minimum Gasteiger partial charge on any atom is -0.320 e. The average molecular weight is 292 g/mol. The lowest BCUT2D eigenvalue weighted by Crippen LogP contribution is -2.43. The Hall–Kier alpha value is -0.210. The van der Waals surface area contributed by atoms with Gasteiger partial charge in [0.05, 0.1) is 0 Å². The van der Waals surface area contributed by atoms with E-state index in [1.54, 1.807) is 7.05 Å². The van der Waals surface area contributed by atoms with Crippen LogP contribution in [0.2, 0.25) is 0 Å². The molecule has 0 amide bonds. The monoisotopic (exact) mass is 292 g/mol. The lowest BCUT2D eigenvalue weighted by atomic mass is 10.1. The van der Waals surface area contributed by atoms with Gasteiger partial charge in [0.25, 0.3) is 10.2 Å². The summed E-state index contributed by atoms with van der Waals surface area (Å²) in [6.45, 7) is 4.87. The number of nitrogens with one attached hydrogen (secondary N) is 2. The van der Waals surface area contributed by atoms with E-state index in [0.717, 1.165) is 32.6 Å². The summed E-state index contributed by atoms with van der Waals surface area (Å²) in [7, 11) is 0.178. The minimum absolute atomic E-state index is 0.499. The van der Waals surface area contributed by atoms with Crippen LogP contribution in [0.15, 0.2) is 0 Å². The second kappa shape index (κ2) is 8.86. The largest absolute Gasteiger partial charge is 0.320 e. The van der Waals surface area contributed by atoms with Gasteiger partial charge in [0.1, 0.15) is 0 Å². The molecule has 0 aromatic heterocycles. The van der Waals surface area contributed by atoms with E-state index in [1.807, 2.05) is 7.05 Å². The summed E-state index contributed by atoms with van der Waals surface area (Å²) in [5.41, 5.74) is 0. The lowest BCUT2D eigenvalue weighted by molar-refractivity contribution is 0.232. The molecule has 19 heavy (non-hydrogen) atoms. The maximum absolute atomic E-state index is 11.9. The molecule has 0 spiro atoms. The predicted molar refractivity (Wildman–Crippen MR) is 78.4 cm³/mol. The summed E-state index contributed by atoms with van der Waals surface area (Å²) in [4.78, 5) is 2.33. The Morgan fingerprint density at radius 2 is 1.84 bits per heavy atom. The van der Waals surface area contributed by atoms with Crippen LogP contribution in [0.5, 0.6) is 0 Å². The van der Waals surface area contributed by atoms with Crippen LogP contribution in [0, 0.1) is 0 Å². The fourth-order valence-corrected chi connectivity index (χ4v) is 3.16. The Labute approximate surface area is 117 Å². The van der Waals surface area contributed by atoms with Crippen molar-refractivity contribution in [1.82, 2.24) is 19.2 Å². The van der Waals surface area contributed by atoms with Crippen LogP contribution < -0.4 is 10.0 Å². The Morgan fingerprint density at radius 3 is 2.47 bits per heavy atom. The zero-order chi connectivity index (χ0) is 14.1. The second-order valence-electron chi connectivity index (χ2n) is 5.08. The van der Waals surface area contributed by atoms with Gasteiger partial charge in [-0.15, -0.1) is 0 Å². The zero-order valence-electron chi connectivity index (χ0n) is 12.2. The van der Waals surface area contributed by atoms with Crippen molar-refractivity contribution in [3.05, 3.63) is 0 Å². The molecule has 0 unspecified atom stereocenters. The highest BCUT2D eigenvalue weighted by Gasteiger charge is 2.17. The van der Waals surface area contributed by atoms with Gasteiger partial charge in [0.2, 0.25) is 0 Å². The number of hydrogen-bond donors (Lipinski definition) is 2. The van der Waals surface area contributed by atoms with Crippen molar-refractivity contribution in [3.63, 3.8) is 0 Å². The topological polar surface area (TPSA) is 64.7 Å². The maximum atomic E-state index is 11.9. The molecule has 1 fully saturated rings. The molecule has 0 aromatic carbocycles. The van der Waals surface area contributed by atoms with Gasteiger partial charge in [0, 0.05) is 26.7 Å². The van der Waals surface area contributed by atoms with Gasteiger partial charge in [-0.3, -0.25) is 0 Å². The fraction of sp³-hybridized carbons (Fsp3) is 1.00. The van der Waals surface area contributed by atoms with E-state index < -0.39 is 10.2 Å². The zero-order valence-corrected chi connectivity index (χ0v) is 13.0. The SMILES string of the molecule is CNCCCN(C)S(=O)(=O)NCCN1CCCCC1. The van der Waals surface area contributed by atoms with Gasteiger partial charge < -0.3 is 10.2 Å². The highest BCUT2D eigenvalue weighted by atomic mass is 32.2. The van der Waals surface area contributed by atoms with E-state index in [2.05, 4.69) is 14.9 Å². The quantitative estimate of drug-likeness (QED) is 0.580. The van der Waals surface area contributed by atoms with Crippen LogP contribution in [-0.4, -0.2) is 71.0 Å². The molecule has 7 heteroatoms. The van der Waals surface area contributed by atoms with Crippen LogP contribution in [0.1, 0.15) is 25.7 Å². The van der Waals surface area contributed by atoms with Crippen molar-refractivity contribution in [3.8, 4) is 0 Å². The van der Waals surface area contributed by atoms with Crippen molar-refractivity contribution in [2.45, 2.75) is 25.7 Å². The first-order valence-electron chi connectivity index (χ1n) is 7.14. The molecule has 0 atom stereocenters. The van der Waals surface area contributed by atoms with Crippen LogP contribution in [0.25, 0.3) is 0 Å². The van der Waals surface area contributed by atoms with Crippen molar-refractivity contribution in [1.29, 1.82) is 0 Å². The summed E-state index contributed by atoms with van der Waals surface area (Å²) in [6.07, 6.45) is 4.59. The van der Waals surface area contributed by atoms with Gasteiger partial charge in [-0.25, -0.2) is 4.72 Å². The molecular weight excluding hydrogens is 264 g/mol. The molecule has 1 aliphatic rings. The second-order valence-corrected chi connectivity index (χ2v) is 6.94. The Balaban J connectivity index is 2.21. The van der Waals surface area contributed by atoms with Crippen molar-refractivity contribution < 1.29 is 8.42 Å². The molecule has 0 aromatic rings. The maximum Gasteiger partial charge on any atom is 0.279 e. The van der Waals surface area contributed by atoms with E-state index in [1.165, 1.54) is 23.6 Å². The van der Waals surface area contributed by atoms with Crippen LogP contribution >= 0.6 is 0 Å². The van der Waals surface area contributed by atoms with Crippen molar-refractivity contribution in [2.75, 3.05) is 53.4 Å². The van der Waals surface area contributed by atoms with E-state index in [0.29, 0.717) is 13.1 Å². The molecule has 114 valence electrons. The average Bonchev–Trinajstić information content (AvgIpc) is 2.40. The van der Waals surface area contributed by atoms with Crippen LogP contribution in [-0.2, 0) is 10.2 Å². The first kappa shape index (κ1) is 16.8. The standard InChI is InChI=1S/C12H28N4O2S/c1-13-7-6-9-15(2)19(17,18)14-8-12-16-10-4-3-5-11-16/h13-14H,3-12H2,1-2H3. The Kier molecular flexibility index (Phi) is 7.86. The third-order valence-electron chi connectivity index (χ3n) is 3.47. The molecule has 1 heterocycles. The number of piperidine rings is 1. The van der Waals surface area contributed by atoms with E-state index in [-0.39, 0.29) is 0 Å². The van der Waals surface area contributed by atoms with Crippen molar-refractivity contribution in [2.24, 2.45) is 0 Å². The van der Waals surface area contributed by atoms with Gasteiger partial charge in [-0.1, -0.05) is 6.42 Å².